The first-order valence-corrected chi connectivity index (χ1v) is 8.89. The van der Waals surface area contributed by atoms with Gasteiger partial charge >= 0.3 is 0 Å². The standard InChI is InChI=1S/C18H15BrClF2NO2/c19-12-3-1-2-11(8-12)18(4-6-25-7-5-18)23-17(24)13-9-15(21)16(22)10-14(13)20/h1-3,8-10H,4-7H2,(H,23,24). The smallest absolute Gasteiger partial charge is 0.253 e. The molecule has 0 saturated carbocycles. The fourth-order valence-corrected chi connectivity index (χ4v) is 3.61. The van der Waals surface area contributed by atoms with E-state index in [1.807, 2.05) is 24.3 Å². The van der Waals surface area contributed by atoms with Crippen LogP contribution >= 0.6 is 27.5 Å². The monoisotopic (exact) mass is 429 g/mol. The third kappa shape index (κ3) is 3.86. The molecule has 0 radical (unpaired) electrons. The lowest BCUT2D eigenvalue weighted by molar-refractivity contribution is 0.0345. The Bertz CT molecular complexity index is 810. The second-order valence-corrected chi connectivity index (χ2v) is 7.23. The van der Waals surface area contributed by atoms with Crippen LogP contribution in [0.15, 0.2) is 40.9 Å². The van der Waals surface area contributed by atoms with Gasteiger partial charge in [0.05, 0.1) is 16.1 Å². The maximum absolute atomic E-state index is 13.5. The molecular formula is C18H15BrClF2NO2. The Hall–Kier alpha value is -1.50. The lowest BCUT2D eigenvalue weighted by Crippen LogP contribution is -2.49. The van der Waals surface area contributed by atoms with Crippen LogP contribution in [0, 0.1) is 11.6 Å². The molecule has 3 rings (SSSR count). The molecule has 0 unspecified atom stereocenters. The van der Waals surface area contributed by atoms with Crippen LogP contribution in [-0.2, 0) is 10.3 Å². The summed E-state index contributed by atoms with van der Waals surface area (Å²) in [5.41, 5.74) is 0.159. The summed E-state index contributed by atoms with van der Waals surface area (Å²) in [6, 6.07) is 9.25. The van der Waals surface area contributed by atoms with Gasteiger partial charge in [-0.25, -0.2) is 8.78 Å². The molecular weight excluding hydrogens is 416 g/mol. The van der Waals surface area contributed by atoms with Crippen LogP contribution in [-0.4, -0.2) is 19.1 Å². The number of benzene rings is 2. The molecule has 3 nitrogen and oxygen atoms in total. The molecule has 0 bridgehead atoms. The van der Waals surface area contributed by atoms with Crippen LogP contribution in [0.2, 0.25) is 5.02 Å². The average Bonchev–Trinajstić information content (AvgIpc) is 2.59. The number of halogens is 4. The van der Waals surface area contributed by atoms with E-state index in [4.69, 9.17) is 16.3 Å². The topological polar surface area (TPSA) is 38.3 Å². The average molecular weight is 431 g/mol. The molecule has 0 spiro atoms. The van der Waals surface area contributed by atoms with Gasteiger partial charge in [0.1, 0.15) is 0 Å². The summed E-state index contributed by atoms with van der Waals surface area (Å²) in [4.78, 5) is 12.7. The van der Waals surface area contributed by atoms with Crippen molar-refractivity contribution in [1.82, 2.24) is 5.32 Å². The largest absolute Gasteiger partial charge is 0.381 e. The van der Waals surface area contributed by atoms with E-state index in [-0.39, 0.29) is 10.6 Å². The summed E-state index contributed by atoms with van der Waals surface area (Å²) in [5, 5.41) is 2.83. The van der Waals surface area contributed by atoms with Gasteiger partial charge in [-0.05, 0) is 42.7 Å². The first-order valence-electron chi connectivity index (χ1n) is 7.72. The van der Waals surface area contributed by atoms with E-state index in [9.17, 15) is 13.6 Å². The summed E-state index contributed by atoms with van der Waals surface area (Å²) in [5.74, 6) is -2.75. The highest BCUT2D eigenvalue weighted by molar-refractivity contribution is 9.10. The Morgan fingerprint density at radius 1 is 1.16 bits per heavy atom. The van der Waals surface area contributed by atoms with Crippen molar-refractivity contribution in [2.75, 3.05) is 13.2 Å². The lowest BCUT2D eigenvalue weighted by Gasteiger charge is -2.38. The number of carbonyl (C=O) groups is 1. The molecule has 1 fully saturated rings. The van der Waals surface area contributed by atoms with E-state index in [2.05, 4.69) is 21.2 Å². The molecule has 132 valence electrons. The van der Waals surface area contributed by atoms with E-state index in [0.29, 0.717) is 26.1 Å². The van der Waals surface area contributed by atoms with E-state index >= 15 is 0 Å². The van der Waals surface area contributed by atoms with Crippen molar-refractivity contribution in [2.24, 2.45) is 0 Å². The first kappa shape index (κ1) is 18.3. The molecule has 1 amide bonds. The van der Waals surface area contributed by atoms with Gasteiger partial charge in [0, 0.05) is 17.7 Å². The minimum Gasteiger partial charge on any atom is -0.381 e. The van der Waals surface area contributed by atoms with Crippen LogP contribution in [0.4, 0.5) is 8.78 Å². The van der Waals surface area contributed by atoms with Gasteiger partial charge < -0.3 is 10.1 Å². The number of hydrogen-bond donors (Lipinski definition) is 1. The van der Waals surface area contributed by atoms with Crippen molar-refractivity contribution in [2.45, 2.75) is 18.4 Å². The third-order valence-electron chi connectivity index (χ3n) is 4.33. The number of ether oxygens (including phenoxy) is 1. The molecule has 2 aromatic rings. The molecule has 1 heterocycles. The maximum atomic E-state index is 13.5. The van der Waals surface area contributed by atoms with Crippen LogP contribution in [0.1, 0.15) is 28.8 Å². The van der Waals surface area contributed by atoms with Gasteiger partial charge in [0.25, 0.3) is 5.91 Å². The molecule has 1 N–H and O–H groups in total. The molecule has 1 aliphatic heterocycles. The summed E-state index contributed by atoms with van der Waals surface area (Å²) in [6.45, 7) is 0.969. The summed E-state index contributed by atoms with van der Waals surface area (Å²) in [6.07, 6.45) is 1.13. The number of rotatable bonds is 3. The molecule has 0 atom stereocenters. The highest BCUT2D eigenvalue weighted by Gasteiger charge is 2.36. The molecule has 2 aromatic carbocycles. The zero-order valence-corrected chi connectivity index (χ0v) is 15.5. The van der Waals surface area contributed by atoms with E-state index in [0.717, 1.165) is 22.2 Å². The molecule has 1 aliphatic rings. The number of carbonyl (C=O) groups excluding carboxylic acids is 1. The Morgan fingerprint density at radius 3 is 2.52 bits per heavy atom. The summed E-state index contributed by atoms with van der Waals surface area (Å²) < 4.78 is 33.1. The fourth-order valence-electron chi connectivity index (χ4n) is 2.97. The summed E-state index contributed by atoms with van der Waals surface area (Å²) in [7, 11) is 0. The van der Waals surface area contributed by atoms with Crippen molar-refractivity contribution in [1.29, 1.82) is 0 Å². The molecule has 25 heavy (non-hydrogen) atoms. The van der Waals surface area contributed by atoms with E-state index < -0.39 is 23.1 Å². The minimum atomic E-state index is -1.11. The van der Waals surface area contributed by atoms with Gasteiger partial charge in [-0.1, -0.05) is 39.7 Å². The van der Waals surface area contributed by atoms with Crippen molar-refractivity contribution in [3.8, 4) is 0 Å². The second-order valence-electron chi connectivity index (χ2n) is 5.91. The second kappa shape index (κ2) is 7.40. The molecule has 0 aliphatic carbocycles. The summed E-state index contributed by atoms with van der Waals surface area (Å²) >= 11 is 9.37. The zero-order valence-electron chi connectivity index (χ0n) is 13.1. The molecule has 1 saturated heterocycles. The maximum Gasteiger partial charge on any atom is 0.253 e. The number of nitrogens with one attached hydrogen (secondary N) is 1. The highest BCUT2D eigenvalue weighted by atomic mass is 79.9. The van der Waals surface area contributed by atoms with Crippen molar-refractivity contribution in [3.05, 3.63) is 68.7 Å². The van der Waals surface area contributed by atoms with Gasteiger partial charge in [0.2, 0.25) is 0 Å². The van der Waals surface area contributed by atoms with Gasteiger partial charge in [-0.3, -0.25) is 4.79 Å². The predicted molar refractivity (Wildman–Crippen MR) is 94.7 cm³/mol. The van der Waals surface area contributed by atoms with Crippen molar-refractivity contribution >= 4 is 33.4 Å². The number of hydrogen-bond acceptors (Lipinski definition) is 2. The lowest BCUT2D eigenvalue weighted by atomic mass is 9.82. The van der Waals surface area contributed by atoms with Crippen molar-refractivity contribution in [3.63, 3.8) is 0 Å². The van der Waals surface area contributed by atoms with Gasteiger partial charge in [-0.2, -0.15) is 0 Å². The molecule has 0 aromatic heterocycles. The Kier molecular flexibility index (Phi) is 5.41. The minimum absolute atomic E-state index is 0.0959. The van der Waals surface area contributed by atoms with Crippen LogP contribution in [0.3, 0.4) is 0 Å². The van der Waals surface area contributed by atoms with Gasteiger partial charge in [0.15, 0.2) is 11.6 Å². The van der Waals surface area contributed by atoms with Gasteiger partial charge in [-0.15, -0.1) is 0 Å². The third-order valence-corrected chi connectivity index (χ3v) is 5.14. The Labute approximate surface area is 157 Å². The first-order chi connectivity index (χ1) is 11.9. The van der Waals surface area contributed by atoms with Crippen LogP contribution < -0.4 is 5.32 Å². The van der Waals surface area contributed by atoms with E-state index in [1.54, 1.807) is 0 Å². The fraction of sp³-hybridized carbons (Fsp3) is 0.278. The Balaban J connectivity index is 1.96. The zero-order chi connectivity index (χ0) is 18.0. The Morgan fingerprint density at radius 2 is 1.84 bits per heavy atom. The van der Waals surface area contributed by atoms with E-state index in [1.165, 1.54) is 0 Å². The van der Waals surface area contributed by atoms with Crippen molar-refractivity contribution < 1.29 is 18.3 Å². The number of amides is 1. The highest BCUT2D eigenvalue weighted by Crippen LogP contribution is 2.34. The quantitative estimate of drug-likeness (QED) is 0.709. The predicted octanol–water partition coefficient (Wildman–Crippen LogP) is 4.82. The van der Waals surface area contributed by atoms with Crippen LogP contribution in [0.25, 0.3) is 0 Å². The van der Waals surface area contributed by atoms with Crippen LogP contribution in [0.5, 0.6) is 0 Å². The normalized spacial score (nSPS) is 16.5. The SMILES string of the molecule is O=C(NC1(c2cccc(Br)c2)CCOCC1)c1cc(F)c(F)cc1Cl. The molecule has 7 heteroatoms.